The highest BCUT2D eigenvalue weighted by Crippen LogP contribution is 2.51. The third kappa shape index (κ3) is 5.72. The maximum atomic E-state index is 13.6. The van der Waals surface area contributed by atoms with Crippen LogP contribution in [-0.4, -0.2) is 35.8 Å². The molecule has 1 aromatic rings. The van der Waals surface area contributed by atoms with E-state index in [1.54, 1.807) is 30.0 Å². The average Bonchev–Trinajstić information content (AvgIpc) is 3.17. The van der Waals surface area contributed by atoms with Gasteiger partial charge in [0.25, 0.3) is 0 Å². The Balaban J connectivity index is 1.89. The van der Waals surface area contributed by atoms with Crippen molar-refractivity contribution in [3.05, 3.63) is 45.6 Å². The number of hydrogen-bond donors (Lipinski definition) is 1. The quantitative estimate of drug-likeness (QED) is 0.483. The number of nitrogens with one attached hydrogen (secondary N) is 1. The van der Waals surface area contributed by atoms with Gasteiger partial charge in [-0.25, -0.2) is 0 Å². The Bertz CT molecular complexity index is 946. The average molecular weight is 495 g/mol. The summed E-state index contributed by atoms with van der Waals surface area (Å²) < 4.78 is 5.44. The van der Waals surface area contributed by atoms with Gasteiger partial charge in [0.15, 0.2) is 0 Å². The first-order valence-electron chi connectivity index (χ1n) is 11.6. The first-order valence-corrected chi connectivity index (χ1v) is 12.3. The molecule has 0 unspecified atom stereocenters. The van der Waals surface area contributed by atoms with Crippen LogP contribution < -0.4 is 5.32 Å². The number of amides is 2. The zero-order valence-electron chi connectivity index (χ0n) is 19.5. The Morgan fingerprint density at radius 1 is 1.30 bits per heavy atom. The Morgan fingerprint density at radius 2 is 2.06 bits per heavy atom. The normalized spacial score (nSPS) is 22.2. The van der Waals surface area contributed by atoms with Crippen LogP contribution in [0.4, 0.5) is 0 Å². The number of carbonyl (C=O) groups is 3. The lowest BCUT2D eigenvalue weighted by Gasteiger charge is -2.44. The minimum atomic E-state index is -0.925. The highest BCUT2D eigenvalue weighted by atomic mass is 35.5. The van der Waals surface area contributed by atoms with Gasteiger partial charge in [-0.3, -0.25) is 14.4 Å². The van der Waals surface area contributed by atoms with Crippen molar-refractivity contribution >= 4 is 41.0 Å². The minimum Gasteiger partial charge on any atom is -0.465 e. The van der Waals surface area contributed by atoms with E-state index in [2.05, 4.69) is 19.2 Å². The number of fused-ring (bicyclic) bond motifs is 1. The first-order chi connectivity index (χ1) is 15.7. The molecule has 0 bridgehead atoms. The molecule has 8 heteroatoms. The first kappa shape index (κ1) is 25.6. The summed E-state index contributed by atoms with van der Waals surface area (Å²) in [5, 5.41) is 3.87. The molecule has 1 aliphatic heterocycles. The van der Waals surface area contributed by atoms with Gasteiger partial charge in [-0.1, -0.05) is 49.2 Å². The van der Waals surface area contributed by atoms with Gasteiger partial charge < -0.3 is 15.0 Å². The molecule has 0 spiro atoms. The molecule has 6 nitrogen and oxygen atoms in total. The molecule has 3 rings (SSSR count). The third-order valence-electron chi connectivity index (χ3n) is 6.39. The van der Waals surface area contributed by atoms with Gasteiger partial charge in [-0.05, 0) is 56.2 Å². The number of halogens is 2. The zero-order chi connectivity index (χ0) is 24.2. The van der Waals surface area contributed by atoms with Crippen LogP contribution in [-0.2, 0) is 25.7 Å². The van der Waals surface area contributed by atoms with Crippen molar-refractivity contribution < 1.29 is 19.1 Å². The van der Waals surface area contributed by atoms with Crippen LogP contribution in [0, 0.1) is 17.3 Å². The molecule has 180 valence electrons. The fourth-order valence-corrected chi connectivity index (χ4v) is 5.17. The molecule has 1 fully saturated rings. The van der Waals surface area contributed by atoms with E-state index < -0.39 is 11.3 Å². The van der Waals surface area contributed by atoms with Crippen molar-refractivity contribution in [3.63, 3.8) is 0 Å². The van der Waals surface area contributed by atoms with Crippen molar-refractivity contribution in [2.45, 2.75) is 59.4 Å². The van der Waals surface area contributed by atoms with Crippen LogP contribution in [0.1, 0.15) is 58.4 Å². The summed E-state index contributed by atoms with van der Waals surface area (Å²) in [6, 6.07) is 5.13. The molecular weight excluding hydrogens is 463 g/mol. The Kier molecular flexibility index (Phi) is 8.46. The largest absolute Gasteiger partial charge is 0.465 e. The van der Waals surface area contributed by atoms with Crippen LogP contribution in [0.25, 0.3) is 0 Å². The van der Waals surface area contributed by atoms with Gasteiger partial charge in [0.1, 0.15) is 5.41 Å². The molecule has 0 saturated carbocycles. The lowest BCUT2D eigenvalue weighted by Crippen LogP contribution is -2.52. The second kappa shape index (κ2) is 10.9. The topological polar surface area (TPSA) is 75.7 Å². The molecule has 0 aromatic heterocycles. The van der Waals surface area contributed by atoms with Crippen LogP contribution in [0.2, 0.25) is 10.0 Å². The minimum absolute atomic E-state index is 0.0379. The molecule has 2 aliphatic rings. The number of ether oxygens (including phenoxy) is 1. The lowest BCUT2D eigenvalue weighted by atomic mass is 9.71. The highest BCUT2D eigenvalue weighted by molar-refractivity contribution is 6.35. The monoisotopic (exact) mass is 494 g/mol. The number of rotatable bonds is 9. The van der Waals surface area contributed by atoms with E-state index in [-0.39, 0.29) is 43.8 Å². The van der Waals surface area contributed by atoms with Crippen LogP contribution in [0.3, 0.4) is 0 Å². The zero-order valence-corrected chi connectivity index (χ0v) is 21.0. The maximum absolute atomic E-state index is 13.6. The Labute approximate surface area is 205 Å². The molecular formula is C25H32Cl2N2O4. The van der Waals surface area contributed by atoms with Gasteiger partial charge in [0, 0.05) is 34.6 Å². The molecule has 33 heavy (non-hydrogen) atoms. The SMILES string of the molecule is CCOC(=O)[C@]12CCC=C1N(Cc1ccc(Cl)cc1Cl)C(=O)[C@H](CC(=O)NCCC(C)C)C2. The maximum Gasteiger partial charge on any atom is 0.318 e. The smallest absolute Gasteiger partial charge is 0.318 e. The van der Waals surface area contributed by atoms with E-state index in [1.165, 1.54) is 0 Å². The van der Waals surface area contributed by atoms with Crippen molar-refractivity contribution in [1.29, 1.82) is 0 Å². The number of esters is 1. The molecule has 1 N–H and O–H groups in total. The summed E-state index contributed by atoms with van der Waals surface area (Å²) in [6.45, 7) is 6.97. The van der Waals surface area contributed by atoms with Crippen LogP contribution in [0.5, 0.6) is 0 Å². The van der Waals surface area contributed by atoms with Gasteiger partial charge in [0.2, 0.25) is 11.8 Å². The molecule has 1 saturated heterocycles. The van der Waals surface area contributed by atoms with E-state index in [0.29, 0.717) is 41.0 Å². The fourth-order valence-electron chi connectivity index (χ4n) is 4.70. The van der Waals surface area contributed by atoms with Crippen molar-refractivity contribution in [3.8, 4) is 0 Å². The Hall–Kier alpha value is -2.05. The molecule has 1 aromatic carbocycles. The van der Waals surface area contributed by atoms with Crippen molar-refractivity contribution in [1.82, 2.24) is 10.2 Å². The third-order valence-corrected chi connectivity index (χ3v) is 6.97. The molecule has 1 aliphatic carbocycles. The van der Waals surface area contributed by atoms with E-state index in [4.69, 9.17) is 27.9 Å². The van der Waals surface area contributed by atoms with Gasteiger partial charge in [-0.15, -0.1) is 0 Å². The summed E-state index contributed by atoms with van der Waals surface area (Å²) >= 11 is 12.4. The molecule has 2 atom stereocenters. The summed E-state index contributed by atoms with van der Waals surface area (Å²) in [5.74, 6) is -0.830. The number of nitrogens with zero attached hydrogens (tertiary/aromatic N) is 1. The van der Waals surface area contributed by atoms with Gasteiger partial charge >= 0.3 is 5.97 Å². The fraction of sp³-hybridized carbons (Fsp3) is 0.560. The Morgan fingerprint density at radius 3 is 2.73 bits per heavy atom. The van der Waals surface area contributed by atoms with Gasteiger partial charge in [0.05, 0.1) is 13.2 Å². The van der Waals surface area contributed by atoms with E-state index in [9.17, 15) is 14.4 Å². The van der Waals surface area contributed by atoms with E-state index >= 15 is 0 Å². The second-order valence-corrected chi connectivity index (χ2v) is 10.1. The number of likely N-dealkylation sites (tertiary alicyclic amines) is 1. The lowest BCUT2D eigenvalue weighted by molar-refractivity contribution is -0.161. The van der Waals surface area contributed by atoms with Gasteiger partial charge in [-0.2, -0.15) is 0 Å². The van der Waals surface area contributed by atoms with Crippen molar-refractivity contribution in [2.24, 2.45) is 17.3 Å². The predicted molar refractivity (Wildman–Crippen MR) is 129 cm³/mol. The molecule has 2 amide bonds. The number of allylic oxidation sites excluding steroid dienone is 1. The standard InChI is InChI=1S/C25H32Cl2N2O4/c1-4-33-24(32)25-10-5-6-21(25)29(15-17-7-8-19(26)13-20(17)27)23(31)18(14-25)12-22(30)28-11-9-16(2)3/h6-8,13,16,18H,4-5,9-12,14-15H2,1-3H3,(H,28,30)/t18-,25+/m1/s1. The highest BCUT2D eigenvalue weighted by Gasteiger charge is 2.55. The summed E-state index contributed by atoms with van der Waals surface area (Å²) in [4.78, 5) is 41.0. The van der Waals surface area contributed by atoms with E-state index in [0.717, 1.165) is 12.0 Å². The number of carbonyl (C=O) groups excluding carboxylic acids is 3. The summed E-state index contributed by atoms with van der Waals surface area (Å²) in [6.07, 6.45) is 4.35. The van der Waals surface area contributed by atoms with Crippen LogP contribution in [0.15, 0.2) is 30.0 Å². The number of benzene rings is 1. The number of hydrogen-bond acceptors (Lipinski definition) is 4. The summed E-state index contributed by atoms with van der Waals surface area (Å²) in [7, 11) is 0. The van der Waals surface area contributed by atoms with E-state index in [1.807, 2.05) is 6.08 Å². The van der Waals surface area contributed by atoms with Crippen LogP contribution >= 0.6 is 23.2 Å². The summed E-state index contributed by atoms with van der Waals surface area (Å²) in [5.41, 5.74) is 0.460. The predicted octanol–water partition coefficient (Wildman–Crippen LogP) is 5.12. The molecule has 1 heterocycles. The number of piperidine rings is 1. The van der Waals surface area contributed by atoms with Crippen molar-refractivity contribution in [2.75, 3.05) is 13.2 Å². The molecule has 0 radical (unpaired) electrons. The second-order valence-electron chi connectivity index (χ2n) is 9.23.